The molecule has 0 spiro atoms. The van der Waals surface area contributed by atoms with Crippen molar-refractivity contribution in [2.24, 2.45) is 0 Å². The first-order valence-corrected chi connectivity index (χ1v) is 8.69. The number of esters is 1. The largest absolute Gasteiger partial charge is 0.463 e. The number of hydrogen-bond acceptors (Lipinski definition) is 8. The van der Waals surface area contributed by atoms with E-state index in [1.165, 1.54) is 18.4 Å². The predicted octanol–water partition coefficient (Wildman–Crippen LogP) is 1.71. The molecule has 0 unspecified atom stereocenters. The van der Waals surface area contributed by atoms with Crippen molar-refractivity contribution in [1.82, 2.24) is 14.5 Å². The molecule has 0 aliphatic carbocycles. The van der Waals surface area contributed by atoms with Gasteiger partial charge in [0.25, 0.3) is 0 Å². The first-order valence-electron chi connectivity index (χ1n) is 7.50. The van der Waals surface area contributed by atoms with E-state index in [2.05, 4.69) is 15.3 Å². The predicted molar refractivity (Wildman–Crippen MR) is 90.8 cm³/mol. The van der Waals surface area contributed by atoms with E-state index in [1.807, 2.05) is 0 Å². The van der Waals surface area contributed by atoms with Crippen molar-refractivity contribution in [1.29, 1.82) is 0 Å². The van der Waals surface area contributed by atoms with Gasteiger partial charge in [0.15, 0.2) is 10.8 Å². The van der Waals surface area contributed by atoms with Gasteiger partial charge >= 0.3 is 10.8 Å². The molecule has 0 aromatic carbocycles. The summed E-state index contributed by atoms with van der Waals surface area (Å²) in [5.74, 6) is -0.714. The summed E-state index contributed by atoms with van der Waals surface area (Å²) in [5.41, 5.74) is 0.303. The van der Waals surface area contributed by atoms with Gasteiger partial charge in [0, 0.05) is 13.8 Å². The van der Waals surface area contributed by atoms with Gasteiger partial charge < -0.3 is 9.47 Å². The van der Waals surface area contributed by atoms with Crippen molar-refractivity contribution in [3.63, 3.8) is 0 Å². The van der Waals surface area contributed by atoms with Crippen LogP contribution in [0, 0.1) is 0 Å². The second-order valence-corrected chi connectivity index (χ2v) is 6.82. The van der Waals surface area contributed by atoms with Gasteiger partial charge in [-0.1, -0.05) is 22.9 Å². The Morgan fingerprint density at radius 1 is 1.40 bits per heavy atom. The number of fused-ring (bicyclic) bond motifs is 1. The van der Waals surface area contributed by atoms with Crippen LogP contribution in [0.3, 0.4) is 0 Å². The first kappa shape index (κ1) is 17.8. The van der Waals surface area contributed by atoms with Crippen LogP contribution < -0.4 is 10.2 Å². The van der Waals surface area contributed by atoms with E-state index in [1.54, 1.807) is 0 Å². The number of carbonyl (C=O) groups is 2. The maximum absolute atomic E-state index is 12.4. The molecular weight excluding hydrogens is 372 g/mol. The van der Waals surface area contributed by atoms with Gasteiger partial charge in [-0.05, 0) is 12.8 Å². The summed E-state index contributed by atoms with van der Waals surface area (Å²) < 4.78 is 12.6. The number of nitrogens with one attached hydrogen (secondary N) is 1. The number of aromatic nitrogens is 3. The third-order valence-corrected chi connectivity index (χ3v) is 4.89. The van der Waals surface area contributed by atoms with Crippen LogP contribution in [0.5, 0.6) is 0 Å². The second kappa shape index (κ2) is 7.06. The zero-order chi connectivity index (χ0) is 18.1. The molecule has 0 radical (unpaired) electrons. The van der Waals surface area contributed by atoms with E-state index in [0.717, 1.165) is 11.3 Å². The van der Waals surface area contributed by atoms with Gasteiger partial charge in [0.1, 0.15) is 17.5 Å². The number of hydrogen-bond donors (Lipinski definition) is 1. The molecule has 2 aromatic rings. The number of thiazole rings is 1. The summed E-state index contributed by atoms with van der Waals surface area (Å²) in [6.45, 7) is 2.78. The third-order valence-electron chi connectivity index (χ3n) is 3.55. The summed E-state index contributed by atoms with van der Waals surface area (Å²) in [5, 5.41) is 2.54. The zero-order valence-electron chi connectivity index (χ0n) is 13.4. The Labute approximate surface area is 150 Å². The molecule has 25 heavy (non-hydrogen) atoms. The van der Waals surface area contributed by atoms with Crippen LogP contribution in [0.15, 0.2) is 4.79 Å². The quantitative estimate of drug-likeness (QED) is 0.628. The van der Waals surface area contributed by atoms with Gasteiger partial charge in [0.2, 0.25) is 11.9 Å². The van der Waals surface area contributed by atoms with E-state index in [0.29, 0.717) is 23.2 Å². The number of halogens is 1. The number of ether oxygens (including phenoxy) is 2. The number of nitrogens with zero attached hydrogens (tertiary/aromatic N) is 3. The molecule has 1 aliphatic heterocycles. The standard InChI is InChI=1S/C14H15ClN4O5S/c1-6(20)16-13-17-11(15)10-12(18-13)19(14(22)25-10)9-4-3-8(24-9)5-23-7(2)21/h8-9H,3-5H2,1-2H3,(H,16,17,18,20)/t8-,9+/m0/s1. The Morgan fingerprint density at radius 2 is 2.16 bits per heavy atom. The van der Waals surface area contributed by atoms with Gasteiger partial charge in [0.05, 0.1) is 6.10 Å². The van der Waals surface area contributed by atoms with Crippen LogP contribution in [0.4, 0.5) is 5.95 Å². The maximum Gasteiger partial charge on any atom is 0.311 e. The van der Waals surface area contributed by atoms with Gasteiger partial charge in [-0.15, -0.1) is 0 Å². The van der Waals surface area contributed by atoms with Crippen LogP contribution in [0.1, 0.15) is 32.9 Å². The highest BCUT2D eigenvalue weighted by Gasteiger charge is 2.31. The van der Waals surface area contributed by atoms with E-state index in [-0.39, 0.29) is 40.6 Å². The van der Waals surface area contributed by atoms with Gasteiger partial charge in [-0.2, -0.15) is 9.97 Å². The van der Waals surface area contributed by atoms with Gasteiger partial charge in [-0.3, -0.25) is 24.3 Å². The van der Waals surface area contributed by atoms with Crippen LogP contribution in [-0.4, -0.2) is 39.1 Å². The lowest BCUT2D eigenvalue weighted by molar-refractivity contribution is -0.145. The average Bonchev–Trinajstić information content (AvgIpc) is 3.08. The van der Waals surface area contributed by atoms with E-state index >= 15 is 0 Å². The molecule has 2 aromatic heterocycles. The normalized spacial score (nSPS) is 20.0. The van der Waals surface area contributed by atoms with Crippen molar-refractivity contribution < 1.29 is 19.1 Å². The molecule has 0 saturated carbocycles. The summed E-state index contributed by atoms with van der Waals surface area (Å²) in [6.07, 6.45) is 0.370. The third kappa shape index (κ3) is 3.80. The average molecular weight is 387 g/mol. The molecule has 3 heterocycles. The summed E-state index contributed by atoms with van der Waals surface area (Å²) in [7, 11) is 0. The number of anilines is 1. The Hall–Kier alpha value is -2.04. The van der Waals surface area contributed by atoms with Crippen LogP contribution in [0.2, 0.25) is 5.15 Å². The Kier molecular flexibility index (Phi) is 5.02. The molecule has 134 valence electrons. The molecule has 0 bridgehead atoms. The fourth-order valence-corrected chi connectivity index (χ4v) is 3.69. The van der Waals surface area contributed by atoms with Crippen molar-refractivity contribution >= 4 is 51.1 Å². The molecule has 1 saturated heterocycles. The fourth-order valence-electron chi connectivity index (χ4n) is 2.56. The molecule has 9 nitrogen and oxygen atoms in total. The van der Waals surface area contributed by atoms with E-state index in [9.17, 15) is 14.4 Å². The van der Waals surface area contributed by atoms with Crippen molar-refractivity contribution in [3.05, 3.63) is 14.8 Å². The number of amides is 1. The Balaban J connectivity index is 1.92. The lowest BCUT2D eigenvalue weighted by atomic mass is 10.2. The maximum atomic E-state index is 12.4. The Bertz CT molecular complexity index is 895. The topological polar surface area (TPSA) is 112 Å². The lowest BCUT2D eigenvalue weighted by Crippen LogP contribution is -2.23. The van der Waals surface area contributed by atoms with Crippen LogP contribution in [-0.2, 0) is 19.1 Å². The monoisotopic (exact) mass is 386 g/mol. The fraction of sp³-hybridized carbons (Fsp3) is 0.500. The molecule has 1 aliphatic rings. The van der Waals surface area contributed by atoms with Gasteiger partial charge in [-0.25, -0.2) is 0 Å². The summed E-state index contributed by atoms with van der Waals surface area (Å²) in [6, 6.07) is 0. The second-order valence-electron chi connectivity index (χ2n) is 5.50. The van der Waals surface area contributed by atoms with Crippen LogP contribution >= 0.6 is 22.9 Å². The molecular formula is C14H15ClN4O5S. The SMILES string of the molecule is CC(=O)Nc1nc(Cl)c2sc(=O)n([C@H]3CC[C@@H](COC(C)=O)O3)c2n1. The van der Waals surface area contributed by atoms with E-state index < -0.39 is 6.23 Å². The smallest absolute Gasteiger partial charge is 0.311 e. The highest BCUT2D eigenvalue weighted by molar-refractivity contribution is 7.17. The minimum absolute atomic E-state index is 0.0195. The minimum Gasteiger partial charge on any atom is -0.463 e. The van der Waals surface area contributed by atoms with Crippen LogP contribution in [0.25, 0.3) is 10.3 Å². The highest BCUT2D eigenvalue weighted by Crippen LogP contribution is 2.33. The number of rotatable bonds is 4. The molecule has 1 N–H and O–H groups in total. The summed E-state index contributed by atoms with van der Waals surface area (Å²) >= 11 is 7.02. The summed E-state index contributed by atoms with van der Waals surface area (Å²) in [4.78, 5) is 42.4. The highest BCUT2D eigenvalue weighted by atomic mass is 35.5. The molecule has 3 rings (SSSR count). The van der Waals surface area contributed by atoms with Crippen molar-refractivity contribution in [2.75, 3.05) is 11.9 Å². The Morgan fingerprint density at radius 3 is 2.84 bits per heavy atom. The molecule has 2 atom stereocenters. The first-order chi connectivity index (χ1) is 11.8. The zero-order valence-corrected chi connectivity index (χ0v) is 15.0. The molecule has 1 fully saturated rings. The minimum atomic E-state index is -0.544. The van der Waals surface area contributed by atoms with Crippen molar-refractivity contribution in [2.45, 2.75) is 39.0 Å². The molecule has 11 heteroatoms. The van der Waals surface area contributed by atoms with E-state index in [4.69, 9.17) is 21.1 Å². The molecule has 1 amide bonds. The number of carbonyl (C=O) groups excluding carboxylic acids is 2. The lowest BCUT2D eigenvalue weighted by Gasteiger charge is -2.15. The van der Waals surface area contributed by atoms with Crippen molar-refractivity contribution in [3.8, 4) is 0 Å².